The highest BCUT2D eigenvalue weighted by Gasteiger charge is 2.01. The van der Waals surface area contributed by atoms with Gasteiger partial charge in [-0.15, -0.1) is 0 Å². The van der Waals surface area contributed by atoms with Gasteiger partial charge in [0.05, 0.1) is 0 Å². The van der Waals surface area contributed by atoms with E-state index in [4.69, 9.17) is 5.73 Å². The average molecular weight is 199 g/mol. The van der Waals surface area contributed by atoms with Crippen molar-refractivity contribution >= 4 is 11.6 Å². The van der Waals surface area contributed by atoms with Gasteiger partial charge in [0.25, 0.3) is 0 Å². The molecule has 0 aliphatic carbocycles. The SMILES string of the molecule is CCC(=O)CCCCCC(=O)CCN. The molecule has 2 N–H and O–H groups in total. The largest absolute Gasteiger partial charge is 0.330 e. The van der Waals surface area contributed by atoms with Crippen molar-refractivity contribution in [2.24, 2.45) is 5.73 Å². The fourth-order valence-electron chi connectivity index (χ4n) is 1.28. The molecule has 3 heteroatoms. The fourth-order valence-corrected chi connectivity index (χ4v) is 1.28. The molecule has 0 aliphatic rings. The Bertz CT molecular complexity index is 178. The van der Waals surface area contributed by atoms with Gasteiger partial charge in [-0.2, -0.15) is 0 Å². The second kappa shape index (κ2) is 8.88. The molecule has 0 saturated heterocycles. The first-order valence-electron chi connectivity index (χ1n) is 5.44. The predicted octanol–water partition coefficient (Wildman–Crippen LogP) is 1.83. The normalized spacial score (nSPS) is 10.1. The van der Waals surface area contributed by atoms with Crippen molar-refractivity contribution in [2.75, 3.05) is 6.54 Å². The Morgan fingerprint density at radius 3 is 2.00 bits per heavy atom. The molecule has 0 unspecified atom stereocenters. The molecule has 82 valence electrons. The van der Waals surface area contributed by atoms with Crippen molar-refractivity contribution in [2.45, 2.75) is 51.9 Å². The van der Waals surface area contributed by atoms with Gasteiger partial charge in [-0.3, -0.25) is 9.59 Å². The van der Waals surface area contributed by atoms with Gasteiger partial charge in [-0.05, 0) is 19.4 Å². The standard InChI is InChI=1S/C11H21NO2/c1-2-10(13)6-4-3-5-7-11(14)8-9-12/h2-9,12H2,1H3. The summed E-state index contributed by atoms with van der Waals surface area (Å²) in [6, 6.07) is 0. The number of rotatable bonds is 9. The molecule has 14 heavy (non-hydrogen) atoms. The van der Waals surface area contributed by atoms with E-state index in [9.17, 15) is 9.59 Å². The van der Waals surface area contributed by atoms with Crippen LogP contribution in [0.15, 0.2) is 0 Å². The Hall–Kier alpha value is -0.700. The van der Waals surface area contributed by atoms with Crippen molar-refractivity contribution in [1.82, 2.24) is 0 Å². The van der Waals surface area contributed by atoms with Crippen LogP contribution in [0.2, 0.25) is 0 Å². The van der Waals surface area contributed by atoms with Gasteiger partial charge in [-0.25, -0.2) is 0 Å². The van der Waals surface area contributed by atoms with Gasteiger partial charge in [0.15, 0.2) is 0 Å². The Labute approximate surface area is 86.1 Å². The lowest BCUT2D eigenvalue weighted by molar-refractivity contribution is -0.119. The summed E-state index contributed by atoms with van der Waals surface area (Å²) in [5.74, 6) is 0.563. The number of nitrogens with two attached hydrogens (primary N) is 1. The summed E-state index contributed by atoms with van der Waals surface area (Å²) in [5, 5.41) is 0. The van der Waals surface area contributed by atoms with E-state index in [1.165, 1.54) is 0 Å². The monoisotopic (exact) mass is 199 g/mol. The van der Waals surface area contributed by atoms with Crippen LogP contribution in [0.5, 0.6) is 0 Å². The van der Waals surface area contributed by atoms with E-state index < -0.39 is 0 Å². The summed E-state index contributed by atoms with van der Waals surface area (Å²) >= 11 is 0. The van der Waals surface area contributed by atoms with Crippen LogP contribution < -0.4 is 5.73 Å². The van der Waals surface area contributed by atoms with Gasteiger partial charge in [-0.1, -0.05) is 13.3 Å². The van der Waals surface area contributed by atoms with Crippen molar-refractivity contribution in [3.8, 4) is 0 Å². The topological polar surface area (TPSA) is 60.2 Å². The second-order valence-corrected chi connectivity index (χ2v) is 3.53. The second-order valence-electron chi connectivity index (χ2n) is 3.53. The molecule has 0 fully saturated rings. The molecular formula is C11H21NO2. The summed E-state index contributed by atoms with van der Waals surface area (Å²) in [6.45, 7) is 2.33. The zero-order valence-corrected chi connectivity index (χ0v) is 9.05. The first kappa shape index (κ1) is 13.3. The summed E-state index contributed by atoms with van der Waals surface area (Å²) in [5.41, 5.74) is 5.25. The lowest BCUT2D eigenvalue weighted by Gasteiger charge is -1.99. The molecule has 0 spiro atoms. The van der Waals surface area contributed by atoms with Crippen LogP contribution in [0.4, 0.5) is 0 Å². The zero-order valence-electron chi connectivity index (χ0n) is 9.05. The highest BCUT2D eigenvalue weighted by atomic mass is 16.1. The number of hydrogen-bond donors (Lipinski definition) is 1. The van der Waals surface area contributed by atoms with Gasteiger partial charge in [0.1, 0.15) is 11.6 Å². The molecule has 0 saturated carbocycles. The van der Waals surface area contributed by atoms with E-state index in [2.05, 4.69) is 0 Å². The number of unbranched alkanes of at least 4 members (excludes halogenated alkanes) is 2. The van der Waals surface area contributed by atoms with Crippen LogP contribution >= 0.6 is 0 Å². The third-order valence-corrected chi connectivity index (χ3v) is 2.23. The molecule has 0 aromatic heterocycles. The van der Waals surface area contributed by atoms with Gasteiger partial charge in [0, 0.05) is 25.7 Å². The summed E-state index contributed by atoms with van der Waals surface area (Å²) < 4.78 is 0. The quantitative estimate of drug-likeness (QED) is 0.576. The van der Waals surface area contributed by atoms with Crippen molar-refractivity contribution in [3.63, 3.8) is 0 Å². The number of carbonyl (C=O) groups is 2. The molecule has 0 radical (unpaired) electrons. The average Bonchev–Trinajstić information content (AvgIpc) is 2.17. The highest BCUT2D eigenvalue weighted by Crippen LogP contribution is 2.05. The van der Waals surface area contributed by atoms with Crippen LogP contribution in [-0.4, -0.2) is 18.1 Å². The van der Waals surface area contributed by atoms with Crippen LogP contribution in [0.1, 0.15) is 51.9 Å². The van der Waals surface area contributed by atoms with Gasteiger partial charge in [0.2, 0.25) is 0 Å². The van der Waals surface area contributed by atoms with Crippen molar-refractivity contribution < 1.29 is 9.59 Å². The molecule has 3 nitrogen and oxygen atoms in total. The zero-order chi connectivity index (χ0) is 10.8. The Morgan fingerprint density at radius 1 is 0.929 bits per heavy atom. The van der Waals surface area contributed by atoms with Gasteiger partial charge >= 0.3 is 0 Å². The highest BCUT2D eigenvalue weighted by molar-refractivity contribution is 5.78. The van der Waals surface area contributed by atoms with E-state index in [1.807, 2.05) is 6.92 Å². The van der Waals surface area contributed by atoms with E-state index in [0.717, 1.165) is 19.3 Å². The first-order valence-corrected chi connectivity index (χ1v) is 5.44. The maximum Gasteiger partial charge on any atom is 0.134 e. The third-order valence-electron chi connectivity index (χ3n) is 2.23. The molecule has 0 heterocycles. The Morgan fingerprint density at radius 2 is 1.50 bits per heavy atom. The number of ketones is 2. The first-order chi connectivity index (χ1) is 6.70. The lowest BCUT2D eigenvalue weighted by atomic mass is 10.1. The third kappa shape index (κ3) is 7.92. The molecule has 0 rings (SSSR count). The fraction of sp³-hybridized carbons (Fsp3) is 0.818. The minimum Gasteiger partial charge on any atom is -0.330 e. The van der Waals surface area contributed by atoms with Crippen LogP contribution in [-0.2, 0) is 9.59 Å². The minimum absolute atomic E-state index is 0.245. The van der Waals surface area contributed by atoms with E-state index in [1.54, 1.807) is 0 Å². The number of Topliss-reactive ketones (excluding diaryl/α,β-unsaturated/α-hetero) is 2. The van der Waals surface area contributed by atoms with Crippen molar-refractivity contribution in [3.05, 3.63) is 0 Å². The van der Waals surface area contributed by atoms with E-state index in [-0.39, 0.29) is 5.78 Å². The smallest absolute Gasteiger partial charge is 0.134 e. The van der Waals surface area contributed by atoms with Crippen LogP contribution in [0.25, 0.3) is 0 Å². The number of hydrogen-bond acceptors (Lipinski definition) is 3. The van der Waals surface area contributed by atoms with E-state index in [0.29, 0.717) is 38.0 Å². The minimum atomic E-state index is 0.245. The maximum absolute atomic E-state index is 11.0. The van der Waals surface area contributed by atoms with Gasteiger partial charge < -0.3 is 5.73 Å². The molecule has 0 aromatic carbocycles. The van der Waals surface area contributed by atoms with Crippen LogP contribution in [0, 0.1) is 0 Å². The summed E-state index contributed by atoms with van der Waals surface area (Å²) in [7, 11) is 0. The Kier molecular flexibility index (Phi) is 8.43. The molecule has 0 aliphatic heterocycles. The van der Waals surface area contributed by atoms with E-state index >= 15 is 0 Å². The molecule has 0 atom stereocenters. The molecule has 0 amide bonds. The molecular weight excluding hydrogens is 178 g/mol. The molecule has 0 aromatic rings. The van der Waals surface area contributed by atoms with Crippen molar-refractivity contribution in [1.29, 1.82) is 0 Å². The Balaban J connectivity index is 3.21. The predicted molar refractivity (Wildman–Crippen MR) is 57.1 cm³/mol. The summed E-state index contributed by atoms with van der Waals surface area (Å²) in [6.07, 6.45) is 5.21. The lowest BCUT2D eigenvalue weighted by Crippen LogP contribution is -2.07. The maximum atomic E-state index is 11.0. The summed E-state index contributed by atoms with van der Waals surface area (Å²) in [4.78, 5) is 22.0. The number of carbonyl (C=O) groups excluding carboxylic acids is 2. The molecule has 0 bridgehead atoms. The van der Waals surface area contributed by atoms with Crippen LogP contribution in [0.3, 0.4) is 0 Å².